The number of fused-ring (bicyclic) bond motifs is 2. The van der Waals surface area contributed by atoms with Gasteiger partial charge >= 0.3 is 0 Å². The van der Waals surface area contributed by atoms with Gasteiger partial charge in [-0.15, -0.1) is 0 Å². The van der Waals surface area contributed by atoms with E-state index in [9.17, 15) is 17.6 Å². The zero-order valence-electron chi connectivity index (χ0n) is 20.7. The Morgan fingerprint density at radius 1 is 1.19 bits per heavy atom. The largest absolute Gasteiger partial charge is 0.350 e. The van der Waals surface area contributed by atoms with E-state index < -0.39 is 15.8 Å². The smallest absolute Gasteiger partial charge is 0.259 e. The molecule has 0 amide bonds. The number of pyridine rings is 1. The molecule has 37 heavy (non-hydrogen) atoms. The van der Waals surface area contributed by atoms with Gasteiger partial charge in [0.1, 0.15) is 11.5 Å². The maximum atomic E-state index is 14.8. The first kappa shape index (κ1) is 25.1. The Hall–Kier alpha value is -3.57. The van der Waals surface area contributed by atoms with Crippen LogP contribution < -0.4 is 20.9 Å². The molecule has 0 saturated carbocycles. The summed E-state index contributed by atoms with van der Waals surface area (Å²) in [5.41, 5.74) is 1.04. The molecule has 1 unspecified atom stereocenters. The molecule has 1 aliphatic heterocycles. The average Bonchev–Trinajstić information content (AvgIpc) is 2.88. The Morgan fingerprint density at radius 2 is 2.03 bits per heavy atom. The highest BCUT2D eigenvalue weighted by atomic mass is 32.2. The first-order valence-corrected chi connectivity index (χ1v) is 14.0. The zero-order chi connectivity index (χ0) is 26.2. The van der Waals surface area contributed by atoms with Gasteiger partial charge in [0.05, 0.1) is 11.4 Å². The van der Waals surface area contributed by atoms with Crippen LogP contribution in [0, 0.1) is 5.82 Å². The minimum Gasteiger partial charge on any atom is -0.350 e. The van der Waals surface area contributed by atoms with Crippen molar-refractivity contribution >= 4 is 43.5 Å². The molecule has 0 radical (unpaired) electrons. The predicted molar refractivity (Wildman–Crippen MR) is 145 cm³/mol. The molecular formula is C26H29FN6O3S. The van der Waals surface area contributed by atoms with Crippen LogP contribution in [0.5, 0.6) is 0 Å². The molecule has 11 heteroatoms. The summed E-state index contributed by atoms with van der Waals surface area (Å²) in [7, 11) is -2.06. The molecular weight excluding hydrogens is 495 g/mol. The van der Waals surface area contributed by atoms with Crippen LogP contribution in [-0.2, 0) is 17.1 Å². The minimum absolute atomic E-state index is 0.123. The van der Waals surface area contributed by atoms with E-state index in [1.165, 1.54) is 10.6 Å². The van der Waals surface area contributed by atoms with Crippen molar-refractivity contribution in [3.05, 3.63) is 58.8 Å². The van der Waals surface area contributed by atoms with Crippen LogP contribution in [0.25, 0.3) is 32.9 Å². The van der Waals surface area contributed by atoms with E-state index in [1.54, 1.807) is 50.5 Å². The van der Waals surface area contributed by atoms with E-state index in [1.807, 2.05) is 0 Å². The van der Waals surface area contributed by atoms with Crippen molar-refractivity contribution in [1.29, 1.82) is 0 Å². The van der Waals surface area contributed by atoms with Crippen molar-refractivity contribution < 1.29 is 12.8 Å². The Labute approximate surface area is 214 Å². The van der Waals surface area contributed by atoms with E-state index >= 15 is 0 Å². The normalized spacial score (nSPS) is 16.2. The molecule has 3 N–H and O–H groups in total. The lowest BCUT2D eigenvalue weighted by Crippen LogP contribution is -2.38. The van der Waals surface area contributed by atoms with Crippen LogP contribution in [0.1, 0.15) is 26.2 Å². The summed E-state index contributed by atoms with van der Waals surface area (Å²) in [6.07, 6.45) is 4.17. The SMILES string of the molecule is CCCS(=O)(=O)Nc1c(F)ccc2c(-c3cc4cnc(NC5CCCNC5)nc4n(C)c3=O)cccc12. The van der Waals surface area contributed by atoms with Crippen LogP contribution in [0.2, 0.25) is 0 Å². The number of halogens is 1. The van der Waals surface area contributed by atoms with Crippen molar-refractivity contribution in [2.24, 2.45) is 7.05 Å². The molecule has 2 aromatic heterocycles. The first-order chi connectivity index (χ1) is 17.8. The number of aryl methyl sites for hydroxylation is 1. The predicted octanol–water partition coefficient (Wildman–Crippen LogP) is 3.60. The third-order valence-electron chi connectivity index (χ3n) is 6.61. The summed E-state index contributed by atoms with van der Waals surface area (Å²) < 4.78 is 43.4. The fourth-order valence-corrected chi connectivity index (χ4v) is 5.97. The van der Waals surface area contributed by atoms with Gasteiger partial charge in [0.25, 0.3) is 5.56 Å². The van der Waals surface area contributed by atoms with Crippen molar-refractivity contribution in [3.63, 3.8) is 0 Å². The molecule has 0 bridgehead atoms. The number of nitrogens with one attached hydrogen (secondary N) is 3. The lowest BCUT2D eigenvalue weighted by Gasteiger charge is -2.23. The van der Waals surface area contributed by atoms with Gasteiger partial charge < -0.3 is 10.6 Å². The highest BCUT2D eigenvalue weighted by molar-refractivity contribution is 7.92. The van der Waals surface area contributed by atoms with Gasteiger partial charge in [-0.05, 0) is 48.9 Å². The van der Waals surface area contributed by atoms with Crippen LogP contribution in [0.15, 0.2) is 47.4 Å². The molecule has 1 aliphatic rings. The number of rotatable bonds is 7. The number of hydrogen-bond donors (Lipinski definition) is 3. The highest BCUT2D eigenvalue weighted by Gasteiger charge is 2.19. The maximum absolute atomic E-state index is 14.8. The molecule has 0 aliphatic carbocycles. The van der Waals surface area contributed by atoms with Crippen LogP contribution in [0.4, 0.5) is 16.0 Å². The van der Waals surface area contributed by atoms with Gasteiger partial charge in [0.15, 0.2) is 0 Å². The van der Waals surface area contributed by atoms with Gasteiger partial charge in [0.2, 0.25) is 16.0 Å². The molecule has 0 spiro atoms. The lowest BCUT2D eigenvalue weighted by molar-refractivity contribution is 0.478. The van der Waals surface area contributed by atoms with E-state index in [0.29, 0.717) is 45.3 Å². The van der Waals surface area contributed by atoms with Crippen molar-refractivity contribution in [2.45, 2.75) is 32.2 Å². The number of piperidine rings is 1. The Balaban J connectivity index is 1.60. The Bertz CT molecular complexity index is 1650. The fraction of sp³-hybridized carbons (Fsp3) is 0.346. The summed E-state index contributed by atoms with van der Waals surface area (Å²) in [5.74, 6) is -0.340. The molecule has 4 aromatic rings. The minimum atomic E-state index is -3.72. The third-order valence-corrected chi connectivity index (χ3v) is 8.07. The second-order valence-corrected chi connectivity index (χ2v) is 11.2. The Kier molecular flexibility index (Phi) is 6.82. The molecule has 1 atom stereocenters. The van der Waals surface area contributed by atoms with Crippen molar-refractivity contribution in [1.82, 2.24) is 19.9 Å². The summed E-state index contributed by atoms with van der Waals surface area (Å²) in [5, 5.41) is 8.28. The standard InChI is InChI=1S/C26H29FN6O3S/c1-3-12-37(35,36)32-23-20-8-4-7-18(19(20)9-10-22(23)27)21-13-16-14-29-26(30-17-6-5-11-28-15-17)31-24(16)33(2)25(21)34/h4,7-10,13-14,17,28,32H,3,5-6,11-12,15H2,1-2H3,(H,29,30,31). The summed E-state index contributed by atoms with van der Waals surface area (Å²) >= 11 is 0. The van der Waals surface area contributed by atoms with Crippen molar-refractivity contribution in [2.75, 3.05) is 28.9 Å². The van der Waals surface area contributed by atoms with E-state index in [0.717, 1.165) is 25.9 Å². The molecule has 1 saturated heterocycles. The summed E-state index contributed by atoms with van der Waals surface area (Å²) in [6, 6.07) is 9.80. The number of nitrogens with zero attached hydrogens (tertiary/aromatic N) is 3. The van der Waals surface area contributed by atoms with E-state index in [2.05, 4.69) is 25.3 Å². The highest BCUT2D eigenvalue weighted by Crippen LogP contribution is 2.34. The first-order valence-electron chi connectivity index (χ1n) is 12.3. The number of benzene rings is 2. The van der Waals surface area contributed by atoms with Gasteiger partial charge in [-0.1, -0.05) is 31.2 Å². The molecule has 2 aromatic carbocycles. The van der Waals surface area contributed by atoms with Crippen LogP contribution in [-0.4, -0.2) is 47.8 Å². The van der Waals surface area contributed by atoms with Gasteiger partial charge in [-0.3, -0.25) is 14.1 Å². The number of hydrogen-bond acceptors (Lipinski definition) is 7. The topological polar surface area (TPSA) is 118 Å². The van der Waals surface area contributed by atoms with Crippen LogP contribution >= 0.6 is 0 Å². The maximum Gasteiger partial charge on any atom is 0.259 e. The number of anilines is 2. The van der Waals surface area contributed by atoms with Gasteiger partial charge in [-0.2, -0.15) is 4.98 Å². The lowest BCUT2D eigenvalue weighted by atomic mass is 9.97. The number of aromatic nitrogens is 3. The molecule has 1 fully saturated rings. The molecule has 3 heterocycles. The second kappa shape index (κ2) is 10.1. The third kappa shape index (κ3) is 5.01. The molecule has 5 rings (SSSR count). The second-order valence-electron chi connectivity index (χ2n) is 9.33. The quantitative estimate of drug-likeness (QED) is 0.338. The monoisotopic (exact) mass is 524 g/mol. The van der Waals surface area contributed by atoms with Crippen molar-refractivity contribution in [3.8, 4) is 11.1 Å². The van der Waals surface area contributed by atoms with E-state index in [-0.39, 0.29) is 23.0 Å². The molecule has 194 valence electrons. The van der Waals surface area contributed by atoms with Crippen LogP contribution in [0.3, 0.4) is 0 Å². The Morgan fingerprint density at radius 3 is 2.78 bits per heavy atom. The summed E-state index contributed by atoms with van der Waals surface area (Å²) in [4.78, 5) is 22.5. The average molecular weight is 525 g/mol. The van der Waals surface area contributed by atoms with Gasteiger partial charge in [0, 0.05) is 42.2 Å². The summed E-state index contributed by atoms with van der Waals surface area (Å²) in [6.45, 7) is 3.57. The number of sulfonamides is 1. The fourth-order valence-electron chi connectivity index (χ4n) is 4.81. The van der Waals surface area contributed by atoms with Gasteiger partial charge in [-0.25, -0.2) is 17.8 Å². The van der Waals surface area contributed by atoms with E-state index in [4.69, 9.17) is 0 Å². The molecule has 9 nitrogen and oxygen atoms in total. The zero-order valence-corrected chi connectivity index (χ0v) is 21.5.